The molecule has 3 nitrogen and oxygen atoms in total. The molecule has 0 radical (unpaired) electrons. The van der Waals surface area contributed by atoms with Crippen molar-refractivity contribution in [2.75, 3.05) is 0 Å². The van der Waals surface area contributed by atoms with Gasteiger partial charge in [0.1, 0.15) is 5.60 Å². The molecule has 3 atom stereocenters. The summed E-state index contributed by atoms with van der Waals surface area (Å²) in [6.45, 7) is 4.32. The Morgan fingerprint density at radius 2 is 1.53 bits per heavy atom. The van der Waals surface area contributed by atoms with E-state index >= 15 is 0 Å². The highest BCUT2D eigenvalue weighted by molar-refractivity contribution is 5.53. The van der Waals surface area contributed by atoms with Crippen molar-refractivity contribution >= 4 is 0 Å². The van der Waals surface area contributed by atoms with Gasteiger partial charge in [0.05, 0.1) is 28.8 Å². The minimum absolute atomic E-state index is 0.0335. The molecule has 3 heteroatoms. The lowest BCUT2D eigenvalue weighted by Gasteiger charge is -2.12. The van der Waals surface area contributed by atoms with Crippen LogP contribution in [0.15, 0.2) is 24.5 Å². The SMILES string of the molecule is CC1(C)OC12[C@@H]1C=C[C@H]2c2nccnc21. The molecule has 2 bridgehead atoms. The van der Waals surface area contributed by atoms with E-state index in [2.05, 4.69) is 36.0 Å². The number of nitrogens with zero attached hydrogens (tertiary/aromatic N) is 2. The Morgan fingerprint density at radius 3 is 1.93 bits per heavy atom. The number of aromatic nitrogens is 2. The van der Waals surface area contributed by atoms with Crippen LogP contribution in [0.2, 0.25) is 0 Å². The minimum atomic E-state index is -0.0588. The summed E-state index contributed by atoms with van der Waals surface area (Å²) in [6.07, 6.45) is 8.01. The molecule has 2 aliphatic carbocycles. The number of ether oxygens (including phenoxy) is 1. The largest absolute Gasteiger partial charge is 0.361 e. The fourth-order valence-corrected chi connectivity index (χ4v) is 3.40. The van der Waals surface area contributed by atoms with E-state index in [1.807, 2.05) is 0 Å². The first-order valence-corrected chi connectivity index (χ1v) is 5.36. The van der Waals surface area contributed by atoms with Gasteiger partial charge in [-0.1, -0.05) is 12.2 Å². The predicted octanol–water partition coefficient (Wildman–Crippen LogP) is 1.77. The lowest BCUT2D eigenvalue weighted by atomic mass is 9.84. The third-order valence-corrected chi connectivity index (χ3v) is 4.09. The minimum Gasteiger partial charge on any atom is -0.361 e. The third-order valence-electron chi connectivity index (χ3n) is 4.09. The molecular weight excluding hydrogens is 188 g/mol. The average molecular weight is 200 g/mol. The van der Waals surface area contributed by atoms with Crippen molar-refractivity contribution in [2.24, 2.45) is 0 Å². The smallest absolute Gasteiger partial charge is 0.121 e. The van der Waals surface area contributed by atoms with Gasteiger partial charge in [-0.2, -0.15) is 0 Å². The molecule has 4 rings (SSSR count). The van der Waals surface area contributed by atoms with E-state index < -0.39 is 0 Å². The van der Waals surface area contributed by atoms with Crippen LogP contribution in [0.4, 0.5) is 0 Å². The molecule has 1 aromatic rings. The van der Waals surface area contributed by atoms with Crippen LogP contribution in [0.25, 0.3) is 0 Å². The number of fused-ring (bicyclic) bond motifs is 3. The maximum atomic E-state index is 5.98. The molecular formula is C12H12N2O. The van der Waals surface area contributed by atoms with Gasteiger partial charge in [0.25, 0.3) is 0 Å². The Hall–Kier alpha value is -1.22. The zero-order chi connectivity index (χ0) is 10.3. The van der Waals surface area contributed by atoms with E-state index in [1.54, 1.807) is 12.4 Å². The fraction of sp³-hybridized carbons (Fsp3) is 0.500. The highest BCUT2D eigenvalue weighted by atomic mass is 16.6. The van der Waals surface area contributed by atoms with Gasteiger partial charge in [0.15, 0.2) is 0 Å². The van der Waals surface area contributed by atoms with E-state index in [4.69, 9.17) is 4.74 Å². The molecule has 0 N–H and O–H groups in total. The molecule has 0 saturated carbocycles. The lowest BCUT2D eigenvalue weighted by molar-refractivity contribution is 0.265. The van der Waals surface area contributed by atoms with Gasteiger partial charge in [-0.3, -0.25) is 9.97 Å². The summed E-state index contributed by atoms with van der Waals surface area (Å²) < 4.78 is 5.98. The summed E-state index contributed by atoms with van der Waals surface area (Å²) in [5.74, 6) is 0.641. The fourth-order valence-electron chi connectivity index (χ4n) is 3.40. The Labute approximate surface area is 88.2 Å². The van der Waals surface area contributed by atoms with E-state index in [-0.39, 0.29) is 11.2 Å². The van der Waals surface area contributed by atoms with Gasteiger partial charge in [0, 0.05) is 12.4 Å². The van der Waals surface area contributed by atoms with Crippen LogP contribution < -0.4 is 0 Å². The summed E-state index contributed by atoms with van der Waals surface area (Å²) in [5, 5.41) is 0. The highest BCUT2D eigenvalue weighted by Crippen LogP contribution is 2.70. The van der Waals surface area contributed by atoms with Crippen molar-refractivity contribution < 1.29 is 4.74 Å². The molecule has 76 valence electrons. The lowest BCUT2D eigenvalue weighted by Crippen LogP contribution is -2.24. The van der Waals surface area contributed by atoms with Crippen molar-refractivity contribution in [3.05, 3.63) is 35.9 Å². The summed E-state index contributed by atoms with van der Waals surface area (Å²) >= 11 is 0. The molecule has 3 aliphatic rings. The first-order chi connectivity index (χ1) is 7.17. The number of epoxide rings is 1. The van der Waals surface area contributed by atoms with Gasteiger partial charge in [-0.15, -0.1) is 0 Å². The second kappa shape index (κ2) is 2.00. The van der Waals surface area contributed by atoms with Gasteiger partial charge < -0.3 is 4.74 Å². The maximum Gasteiger partial charge on any atom is 0.121 e. The van der Waals surface area contributed by atoms with Crippen molar-refractivity contribution in [2.45, 2.75) is 36.9 Å². The first kappa shape index (κ1) is 7.99. The molecule has 0 amide bonds. The first-order valence-electron chi connectivity index (χ1n) is 5.36. The topological polar surface area (TPSA) is 38.3 Å². The van der Waals surface area contributed by atoms with Crippen molar-refractivity contribution in [1.29, 1.82) is 0 Å². The van der Waals surface area contributed by atoms with Gasteiger partial charge >= 0.3 is 0 Å². The molecule has 2 heterocycles. The Balaban J connectivity index is 1.96. The molecule has 1 fully saturated rings. The summed E-state index contributed by atoms with van der Waals surface area (Å²) in [7, 11) is 0. The van der Waals surface area contributed by atoms with Crippen LogP contribution >= 0.6 is 0 Å². The molecule has 1 spiro atoms. The molecule has 1 aromatic heterocycles. The van der Waals surface area contributed by atoms with E-state index in [9.17, 15) is 0 Å². The number of hydrogen-bond acceptors (Lipinski definition) is 3. The average Bonchev–Trinajstić information content (AvgIpc) is 2.57. The standard InChI is InChI=1S/C12H12N2O/c1-11(2)12(15-11)7-3-4-8(12)10-9(7)13-5-6-14-10/h3-8H,1-2H3/t7-,8+,12?. The van der Waals surface area contributed by atoms with Crippen molar-refractivity contribution in [1.82, 2.24) is 9.97 Å². The van der Waals surface area contributed by atoms with Crippen LogP contribution in [0.3, 0.4) is 0 Å². The van der Waals surface area contributed by atoms with Crippen LogP contribution in [-0.2, 0) is 4.74 Å². The molecule has 0 aromatic carbocycles. The van der Waals surface area contributed by atoms with Gasteiger partial charge in [-0.05, 0) is 13.8 Å². The Kier molecular flexibility index (Phi) is 1.07. The quantitative estimate of drug-likeness (QED) is 0.473. The summed E-state index contributed by atoms with van der Waals surface area (Å²) in [4.78, 5) is 8.90. The zero-order valence-electron chi connectivity index (χ0n) is 8.77. The Morgan fingerprint density at radius 1 is 1.07 bits per heavy atom. The monoisotopic (exact) mass is 200 g/mol. The van der Waals surface area contributed by atoms with E-state index in [0.717, 1.165) is 11.4 Å². The van der Waals surface area contributed by atoms with Crippen LogP contribution in [0.5, 0.6) is 0 Å². The van der Waals surface area contributed by atoms with Crippen LogP contribution in [0, 0.1) is 0 Å². The molecule has 15 heavy (non-hydrogen) atoms. The number of rotatable bonds is 0. The molecule has 1 unspecified atom stereocenters. The Bertz CT molecular complexity index is 459. The van der Waals surface area contributed by atoms with Crippen molar-refractivity contribution in [3.63, 3.8) is 0 Å². The van der Waals surface area contributed by atoms with Crippen molar-refractivity contribution in [3.8, 4) is 0 Å². The van der Waals surface area contributed by atoms with Crippen LogP contribution in [-0.4, -0.2) is 21.2 Å². The zero-order valence-corrected chi connectivity index (χ0v) is 8.77. The summed E-state index contributed by atoms with van der Waals surface area (Å²) in [5.41, 5.74) is 2.15. The third kappa shape index (κ3) is 0.651. The molecule has 1 aliphatic heterocycles. The predicted molar refractivity (Wildman–Crippen MR) is 54.5 cm³/mol. The van der Waals surface area contributed by atoms with E-state index in [0.29, 0.717) is 11.8 Å². The van der Waals surface area contributed by atoms with Gasteiger partial charge in [-0.25, -0.2) is 0 Å². The second-order valence-corrected chi connectivity index (χ2v) is 5.07. The number of hydrogen-bond donors (Lipinski definition) is 0. The maximum absolute atomic E-state index is 5.98. The van der Waals surface area contributed by atoms with Crippen LogP contribution in [0.1, 0.15) is 37.1 Å². The van der Waals surface area contributed by atoms with E-state index in [1.165, 1.54) is 0 Å². The highest BCUT2D eigenvalue weighted by Gasteiger charge is 2.76. The summed E-state index contributed by atoms with van der Waals surface area (Å²) in [6, 6.07) is 0. The molecule has 1 saturated heterocycles. The van der Waals surface area contributed by atoms with Gasteiger partial charge in [0.2, 0.25) is 0 Å². The second-order valence-electron chi connectivity index (χ2n) is 5.07. The normalized spacial score (nSPS) is 42.3.